The van der Waals surface area contributed by atoms with E-state index in [1.807, 2.05) is 55.5 Å². The SMILES string of the molecule is CCSc1ccccc1C(=O)Nc1cc(C)nn1-c1nc2ccc(OC)cc2s1. The van der Waals surface area contributed by atoms with Crippen LogP contribution in [-0.2, 0) is 0 Å². The van der Waals surface area contributed by atoms with Gasteiger partial charge in [-0.05, 0) is 43.0 Å². The van der Waals surface area contributed by atoms with Crippen molar-refractivity contribution in [1.29, 1.82) is 0 Å². The van der Waals surface area contributed by atoms with Crippen molar-refractivity contribution < 1.29 is 9.53 Å². The number of fused-ring (bicyclic) bond motifs is 1. The van der Waals surface area contributed by atoms with E-state index >= 15 is 0 Å². The quantitative estimate of drug-likeness (QED) is 0.433. The predicted molar refractivity (Wildman–Crippen MR) is 119 cm³/mol. The number of methoxy groups -OCH3 is 1. The zero-order chi connectivity index (χ0) is 20.4. The van der Waals surface area contributed by atoms with Crippen molar-refractivity contribution in [1.82, 2.24) is 14.8 Å². The Morgan fingerprint density at radius 1 is 1.24 bits per heavy atom. The molecule has 0 radical (unpaired) electrons. The van der Waals surface area contributed by atoms with E-state index < -0.39 is 0 Å². The number of thiazole rings is 1. The number of carbonyl (C=O) groups excluding carboxylic acids is 1. The number of hydrogen-bond donors (Lipinski definition) is 1. The molecule has 2 aromatic heterocycles. The number of rotatable bonds is 6. The van der Waals surface area contributed by atoms with Crippen LogP contribution in [0.15, 0.2) is 53.4 Å². The van der Waals surface area contributed by atoms with Gasteiger partial charge in [-0.15, -0.1) is 11.8 Å². The van der Waals surface area contributed by atoms with Crippen molar-refractivity contribution >= 4 is 45.0 Å². The third-order valence-corrected chi connectivity index (χ3v) is 6.22. The second-order valence-electron chi connectivity index (χ2n) is 6.30. The molecule has 6 nitrogen and oxygen atoms in total. The van der Waals surface area contributed by atoms with Gasteiger partial charge in [0.05, 0.1) is 28.6 Å². The third-order valence-electron chi connectivity index (χ3n) is 4.27. The first kappa shape index (κ1) is 19.5. The van der Waals surface area contributed by atoms with Crippen molar-refractivity contribution in [3.63, 3.8) is 0 Å². The van der Waals surface area contributed by atoms with Crippen LogP contribution in [0.1, 0.15) is 23.0 Å². The standard InChI is InChI=1S/C21H20N4O2S2/c1-4-28-17-8-6-5-7-15(17)20(26)23-19-11-13(2)24-25(19)21-22-16-10-9-14(27-3)12-18(16)29-21/h5-12H,4H2,1-3H3,(H,23,26). The topological polar surface area (TPSA) is 69.0 Å². The van der Waals surface area contributed by atoms with Crippen LogP contribution < -0.4 is 10.1 Å². The molecule has 0 aliphatic heterocycles. The van der Waals surface area contributed by atoms with Crippen LogP contribution in [0.4, 0.5) is 5.82 Å². The number of aryl methyl sites for hydroxylation is 1. The van der Waals surface area contributed by atoms with Gasteiger partial charge in [0.2, 0.25) is 5.13 Å². The maximum absolute atomic E-state index is 13.0. The van der Waals surface area contributed by atoms with Gasteiger partial charge in [-0.1, -0.05) is 30.4 Å². The number of carbonyl (C=O) groups is 1. The minimum Gasteiger partial charge on any atom is -0.497 e. The van der Waals surface area contributed by atoms with E-state index in [-0.39, 0.29) is 5.91 Å². The van der Waals surface area contributed by atoms with Crippen molar-refractivity contribution in [2.24, 2.45) is 0 Å². The summed E-state index contributed by atoms with van der Waals surface area (Å²) >= 11 is 3.14. The number of thioether (sulfide) groups is 1. The average Bonchev–Trinajstić information content (AvgIpc) is 3.30. The first-order valence-electron chi connectivity index (χ1n) is 9.14. The highest BCUT2D eigenvalue weighted by molar-refractivity contribution is 7.99. The van der Waals surface area contributed by atoms with Crippen molar-refractivity contribution in [2.75, 3.05) is 18.2 Å². The van der Waals surface area contributed by atoms with E-state index in [2.05, 4.69) is 22.3 Å². The normalized spacial score (nSPS) is 11.0. The lowest BCUT2D eigenvalue weighted by Crippen LogP contribution is -2.16. The largest absolute Gasteiger partial charge is 0.497 e. The number of aromatic nitrogens is 3. The fourth-order valence-corrected chi connectivity index (χ4v) is 4.73. The minimum atomic E-state index is -0.162. The Kier molecular flexibility index (Phi) is 5.55. The number of anilines is 1. The van der Waals surface area contributed by atoms with E-state index in [4.69, 9.17) is 4.74 Å². The highest BCUT2D eigenvalue weighted by Gasteiger charge is 2.17. The second-order valence-corrected chi connectivity index (χ2v) is 8.61. The van der Waals surface area contributed by atoms with Crippen LogP contribution >= 0.6 is 23.1 Å². The number of amides is 1. The highest BCUT2D eigenvalue weighted by Crippen LogP contribution is 2.30. The van der Waals surface area contributed by atoms with Gasteiger partial charge in [-0.2, -0.15) is 9.78 Å². The number of nitrogens with zero attached hydrogens (tertiary/aromatic N) is 3. The lowest BCUT2D eigenvalue weighted by Gasteiger charge is -2.09. The fourth-order valence-electron chi connectivity index (χ4n) is 2.96. The zero-order valence-electron chi connectivity index (χ0n) is 16.3. The summed E-state index contributed by atoms with van der Waals surface area (Å²) in [4.78, 5) is 18.6. The molecule has 0 unspecified atom stereocenters. The smallest absolute Gasteiger partial charge is 0.257 e. The van der Waals surface area contributed by atoms with Gasteiger partial charge in [0, 0.05) is 11.0 Å². The van der Waals surface area contributed by atoms with Crippen LogP contribution in [0.3, 0.4) is 0 Å². The molecule has 0 atom stereocenters. The summed E-state index contributed by atoms with van der Waals surface area (Å²) in [6.45, 7) is 3.96. The number of ether oxygens (including phenoxy) is 1. The molecule has 0 aliphatic rings. The monoisotopic (exact) mass is 424 g/mol. The highest BCUT2D eigenvalue weighted by atomic mass is 32.2. The third kappa shape index (κ3) is 3.99. The molecule has 1 N–H and O–H groups in total. The van der Waals surface area contributed by atoms with Crippen LogP contribution in [0.5, 0.6) is 5.75 Å². The van der Waals surface area contributed by atoms with Crippen LogP contribution in [-0.4, -0.2) is 33.5 Å². The summed E-state index contributed by atoms with van der Waals surface area (Å²) in [5.74, 6) is 2.11. The molecule has 0 saturated carbocycles. The summed E-state index contributed by atoms with van der Waals surface area (Å²) in [6, 6.07) is 15.2. The van der Waals surface area contributed by atoms with Gasteiger partial charge in [0.1, 0.15) is 11.6 Å². The summed E-state index contributed by atoms with van der Waals surface area (Å²) < 4.78 is 7.97. The van der Waals surface area contributed by atoms with Crippen LogP contribution in [0.2, 0.25) is 0 Å². The molecule has 4 rings (SSSR count). The van der Waals surface area contributed by atoms with Gasteiger partial charge in [-0.3, -0.25) is 4.79 Å². The Hall–Kier alpha value is -2.84. The lowest BCUT2D eigenvalue weighted by atomic mass is 10.2. The summed E-state index contributed by atoms with van der Waals surface area (Å²) in [6.07, 6.45) is 0. The fraction of sp³-hybridized carbons (Fsp3) is 0.190. The van der Waals surface area contributed by atoms with Crippen LogP contribution in [0, 0.1) is 6.92 Å². The van der Waals surface area contributed by atoms with Gasteiger partial charge in [0.15, 0.2) is 0 Å². The van der Waals surface area contributed by atoms with E-state index in [9.17, 15) is 4.79 Å². The molecule has 0 saturated heterocycles. The van der Waals surface area contributed by atoms with Gasteiger partial charge in [-0.25, -0.2) is 4.98 Å². The Morgan fingerprint density at radius 3 is 2.86 bits per heavy atom. The summed E-state index contributed by atoms with van der Waals surface area (Å²) in [5.41, 5.74) is 2.31. The van der Waals surface area contributed by atoms with E-state index in [1.165, 1.54) is 11.3 Å². The first-order chi connectivity index (χ1) is 14.1. The van der Waals surface area contributed by atoms with Crippen molar-refractivity contribution in [2.45, 2.75) is 18.7 Å². The van der Waals surface area contributed by atoms with Crippen molar-refractivity contribution in [3.8, 4) is 10.9 Å². The molecule has 2 heterocycles. The van der Waals surface area contributed by atoms with E-state index in [1.54, 1.807) is 23.6 Å². The molecule has 0 aliphatic carbocycles. The Balaban J connectivity index is 1.68. The predicted octanol–water partition coefficient (Wildman–Crippen LogP) is 5.16. The number of nitrogens with one attached hydrogen (secondary N) is 1. The summed E-state index contributed by atoms with van der Waals surface area (Å²) in [7, 11) is 1.64. The molecular weight excluding hydrogens is 404 g/mol. The maximum Gasteiger partial charge on any atom is 0.257 e. The van der Waals surface area contributed by atoms with E-state index in [0.29, 0.717) is 16.5 Å². The molecule has 148 valence electrons. The Morgan fingerprint density at radius 2 is 2.07 bits per heavy atom. The number of benzene rings is 2. The van der Waals surface area contributed by atoms with Gasteiger partial charge < -0.3 is 10.1 Å². The maximum atomic E-state index is 13.0. The van der Waals surface area contributed by atoms with Crippen molar-refractivity contribution in [3.05, 3.63) is 59.8 Å². The Bertz CT molecular complexity index is 1180. The Labute approximate surface area is 176 Å². The molecule has 0 fully saturated rings. The van der Waals surface area contributed by atoms with Gasteiger partial charge >= 0.3 is 0 Å². The molecule has 0 bridgehead atoms. The molecular formula is C21H20N4O2S2. The molecule has 8 heteroatoms. The second kappa shape index (κ2) is 8.26. The molecule has 1 amide bonds. The molecule has 2 aromatic carbocycles. The zero-order valence-corrected chi connectivity index (χ0v) is 17.9. The van der Waals surface area contributed by atoms with Crippen LogP contribution in [0.25, 0.3) is 15.3 Å². The molecule has 29 heavy (non-hydrogen) atoms. The summed E-state index contributed by atoms with van der Waals surface area (Å²) in [5, 5.41) is 8.23. The minimum absolute atomic E-state index is 0.162. The molecule has 4 aromatic rings. The average molecular weight is 425 g/mol. The number of hydrogen-bond acceptors (Lipinski definition) is 6. The lowest BCUT2D eigenvalue weighted by molar-refractivity contribution is 0.102. The van der Waals surface area contributed by atoms with E-state index in [0.717, 1.165) is 32.3 Å². The first-order valence-corrected chi connectivity index (χ1v) is 10.9. The van der Waals surface area contributed by atoms with Gasteiger partial charge in [0.25, 0.3) is 5.91 Å². The molecule has 0 spiro atoms.